The van der Waals surface area contributed by atoms with Crippen LogP contribution in [0.4, 0.5) is 5.69 Å². The van der Waals surface area contributed by atoms with Gasteiger partial charge in [-0.2, -0.15) is 0 Å². The lowest BCUT2D eigenvalue weighted by Gasteiger charge is -2.11. The topological polar surface area (TPSA) is 43.8 Å². The first-order valence-electron chi connectivity index (χ1n) is 6.43. The van der Waals surface area contributed by atoms with Gasteiger partial charge in [0.1, 0.15) is 0 Å². The summed E-state index contributed by atoms with van der Waals surface area (Å²) in [6, 6.07) is 5.98. The maximum Gasteiger partial charge on any atom is 0.0958 e. The number of imidazole rings is 1. The van der Waals surface area contributed by atoms with E-state index in [-0.39, 0.29) is 0 Å². The van der Waals surface area contributed by atoms with Crippen LogP contribution in [0, 0.1) is 11.8 Å². The Balaban J connectivity index is 1.85. The summed E-state index contributed by atoms with van der Waals surface area (Å²) in [6.45, 7) is 3.46. The molecule has 1 aliphatic rings. The molecule has 2 unspecified atom stereocenters. The molecule has 0 bridgehead atoms. The molecule has 0 amide bonds. The van der Waals surface area contributed by atoms with Gasteiger partial charge >= 0.3 is 0 Å². The predicted octanol–water partition coefficient (Wildman–Crippen LogP) is 3.05. The van der Waals surface area contributed by atoms with Gasteiger partial charge in [-0.15, -0.1) is 0 Å². The van der Waals surface area contributed by atoms with E-state index >= 15 is 0 Å². The number of anilines is 1. The molecule has 2 N–H and O–H groups in total. The predicted molar refractivity (Wildman–Crippen MR) is 70.7 cm³/mol. The van der Waals surface area contributed by atoms with Crippen LogP contribution in [0.15, 0.2) is 24.5 Å². The SMILES string of the molecule is CC1CCC(Cn2cnc3cc(N)ccc32)C1. The average Bonchev–Trinajstić information content (AvgIpc) is 2.86. The van der Waals surface area contributed by atoms with E-state index in [1.54, 1.807) is 0 Å². The number of nitrogens with zero attached hydrogens (tertiary/aromatic N) is 2. The minimum Gasteiger partial charge on any atom is -0.399 e. The van der Waals surface area contributed by atoms with Crippen LogP contribution in [0.1, 0.15) is 26.2 Å². The van der Waals surface area contributed by atoms with E-state index in [9.17, 15) is 0 Å². The lowest BCUT2D eigenvalue weighted by molar-refractivity contribution is 0.447. The molecule has 1 fully saturated rings. The maximum atomic E-state index is 5.77. The summed E-state index contributed by atoms with van der Waals surface area (Å²) < 4.78 is 2.28. The second-order valence-electron chi connectivity index (χ2n) is 5.43. The van der Waals surface area contributed by atoms with Gasteiger partial charge in [0, 0.05) is 12.2 Å². The molecule has 3 heteroatoms. The van der Waals surface area contributed by atoms with Crippen molar-refractivity contribution in [1.29, 1.82) is 0 Å². The molecule has 2 atom stereocenters. The third-order valence-corrected chi connectivity index (χ3v) is 3.90. The third-order valence-electron chi connectivity index (χ3n) is 3.90. The van der Waals surface area contributed by atoms with E-state index < -0.39 is 0 Å². The molecule has 0 radical (unpaired) electrons. The minimum atomic E-state index is 0.789. The molecule has 2 aromatic rings. The summed E-state index contributed by atoms with van der Waals surface area (Å²) in [7, 11) is 0. The van der Waals surface area contributed by atoms with Gasteiger partial charge in [0.25, 0.3) is 0 Å². The molecular weight excluding hydrogens is 210 g/mol. The molecule has 1 saturated carbocycles. The van der Waals surface area contributed by atoms with Gasteiger partial charge in [-0.1, -0.05) is 13.3 Å². The van der Waals surface area contributed by atoms with E-state index in [0.717, 1.165) is 29.6 Å². The Bertz CT molecular complexity index is 529. The summed E-state index contributed by atoms with van der Waals surface area (Å²) in [5, 5.41) is 0. The highest BCUT2D eigenvalue weighted by Crippen LogP contribution is 2.32. The van der Waals surface area contributed by atoms with Crippen molar-refractivity contribution in [1.82, 2.24) is 9.55 Å². The zero-order valence-electron chi connectivity index (χ0n) is 10.3. The number of nitrogen functional groups attached to an aromatic ring is 1. The molecule has 1 aromatic heterocycles. The Kier molecular flexibility index (Phi) is 2.54. The fourth-order valence-electron chi connectivity index (χ4n) is 3.00. The number of hydrogen-bond donors (Lipinski definition) is 1. The average molecular weight is 229 g/mol. The molecule has 0 saturated heterocycles. The van der Waals surface area contributed by atoms with E-state index in [0.29, 0.717) is 0 Å². The van der Waals surface area contributed by atoms with Crippen molar-refractivity contribution in [3.05, 3.63) is 24.5 Å². The van der Waals surface area contributed by atoms with Crippen LogP contribution in [0.5, 0.6) is 0 Å². The number of nitrogens with two attached hydrogens (primary N) is 1. The molecule has 0 spiro atoms. The molecule has 90 valence electrons. The van der Waals surface area contributed by atoms with E-state index in [1.807, 2.05) is 18.5 Å². The van der Waals surface area contributed by atoms with E-state index in [4.69, 9.17) is 5.73 Å². The van der Waals surface area contributed by atoms with Crippen molar-refractivity contribution in [2.75, 3.05) is 5.73 Å². The standard InChI is InChI=1S/C14H19N3/c1-10-2-3-11(6-10)8-17-9-16-13-7-12(15)4-5-14(13)17/h4-5,7,9-11H,2-3,6,8,15H2,1H3. The Labute approximate surface area is 102 Å². The molecule has 3 rings (SSSR count). The lowest BCUT2D eigenvalue weighted by Crippen LogP contribution is -2.06. The van der Waals surface area contributed by atoms with Crippen LogP contribution in [0.2, 0.25) is 0 Å². The normalized spacial score (nSPS) is 24.5. The highest BCUT2D eigenvalue weighted by molar-refractivity contribution is 5.78. The first-order chi connectivity index (χ1) is 8.22. The monoisotopic (exact) mass is 229 g/mol. The Hall–Kier alpha value is -1.51. The second kappa shape index (κ2) is 4.06. The van der Waals surface area contributed by atoms with Crippen LogP contribution in [-0.2, 0) is 6.54 Å². The number of hydrogen-bond acceptors (Lipinski definition) is 2. The van der Waals surface area contributed by atoms with Gasteiger partial charge in [-0.25, -0.2) is 4.98 Å². The summed E-state index contributed by atoms with van der Waals surface area (Å²) in [5.41, 5.74) is 8.77. The summed E-state index contributed by atoms with van der Waals surface area (Å²) >= 11 is 0. The summed E-state index contributed by atoms with van der Waals surface area (Å²) in [5.74, 6) is 1.71. The minimum absolute atomic E-state index is 0.789. The Morgan fingerprint density at radius 3 is 3.06 bits per heavy atom. The van der Waals surface area contributed by atoms with Gasteiger partial charge in [0.2, 0.25) is 0 Å². The molecular formula is C14H19N3. The number of aromatic nitrogens is 2. The van der Waals surface area contributed by atoms with Crippen LogP contribution < -0.4 is 5.73 Å². The van der Waals surface area contributed by atoms with Crippen molar-refractivity contribution in [2.24, 2.45) is 11.8 Å². The molecule has 1 heterocycles. The lowest BCUT2D eigenvalue weighted by atomic mass is 10.1. The highest BCUT2D eigenvalue weighted by atomic mass is 15.0. The second-order valence-corrected chi connectivity index (χ2v) is 5.43. The van der Waals surface area contributed by atoms with Crippen LogP contribution in [0.25, 0.3) is 11.0 Å². The van der Waals surface area contributed by atoms with Crippen molar-refractivity contribution in [3.8, 4) is 0 Å². The van der Waals surface area contributed by atoms with Crippen LogP contribution >= 0.6 is 0 Å². The van der Waals surface area contributed by atoms with Crippen LogP contribution in [-0.4, -0.2) is 9.55 Å². The van der Waals surface area contributed by atoms with E-state index in [2.05, 4.69) is 22.5 Å². The van der Waals surface area contributed by atoms with Gasteiger partial charge in [-0.05, 0) is 42.9 Å². The van der Waals surface area contributed by atoms with Crippen molar-refractivity contribution in [2.45, 2.75) is 32.7 Å². The molecule has 1 aromatic carbocycles. The molecule has 17 heavy (non-hydrogen) atoms. The third kappa shape index (κ3) is 2.02. The van der Waals surface area contributed by atoms with Gasteiger partial charge in [0.05, 0.1) is 17.4 Å². The first-order valence-corrected chi connectivity index (χ1v) is 6.43. The van der Waals surface area contributed by atoms with Gasteiger partial charge in [-0.3, -0.25) is 0 Å². The smallest absolute Gasteiger partial charge is 0.0958 e. The number of fused-ring (bicyclic) bond motifs is 1. The van der Waals surface area contributed by atoms with Crippen LogP contribution in [0.3, 0.4) is 0 Å². The largest absolute Gasteiger partial charge is 0.399 e. The summed E-state index contributed by atoms with van der Waals surface area (Å²) in [6.07, 6.45) is 6.04. The zero-order valence-corrected chi connectivity index (χ0v) is 10.3. The molecule has 1 aliphatic carbocycles. The molecule has 3 nitrogen and oxygen atoms in total. The van der Waals surface area contributed by atoms with Gasteiger partial charge < -0.3 is 10.3 Å². The fourth-order valence-corrected chi connectivity index (χ4v) is 3.00. The zero-order chi connectivity index (χ0) is 11.8. The quantitative estimate of drug-likeness (QED) is 0.804. The number of rotatable bonds is 2. The van der Waals surface area contributed by atoms with Crippen molar-refractivity contribution >= 4 is 16.7 Å². The number of benzene rings is 1. The van der Waals surface area contributed by atoms with Crippen molar-refractivity contribution < 1.29 is 0 Å². The summed E-state index contributed by atoms with van der Waals surface area (Å²) in [4.78, 5) is 4.42. The molecule has 0 aliphatic heterocycles. The van der Waals surface area contributed by atoms with Crippen molar-refractivity contribution in [3.63, 3.8) is 0 Å². The fraction of sp³-hybridized carbons (Fsp3) is 0.500. The maximum absolute atomic E-state index is 5.77. The van der Waals surface area contributed by atoms with Gasteiger partial charge in [0.15, 0.2) is 0 Å². The first kappa shape index (κ1) is 10.6. The Morgan fingerprint density at radius 2 is 2.29 bits per heavy atom. The highest BCUT2D eigenvalue weighted by Gasteiger charge is 2.21. The van der Waals surface area contributed by atoms with E-state index in [1.165, 1.54) is 24.8 Å². The Morgan fingerprint density at radius 1 is 1.41 bits per heavy atom.